The molecule has 1 heterocycles. The third kappa shape index (κ3) is 2.12. The highest BCUT2D eigenvalue weighted by atomic mass is 16.6. The van der Waals surface area contributed by atoms with Gasteiger partial charge in [-0.05, 0) is 12.1 Å². The Bertz CT molecular complexity index is 319. The lowest BCUT2D eigenvalue weighted by Gasteiger charge is -2.19. The van der Waals surface area contributed by atoms with E-state index in [2.05, 4.69) is 0 Å². The number of ether oxygens (including phenoxy) is 1. The number of amides is 1. The van der Waals surface area contributed by atoms with Gasteiger partial charge >= 0.3 is 0 Å². The summed E-state index contributed by atoms with van der Waals surface area (Å²) in [5, 5.41) is 0. The van der Waals surface area contributed by atoms with Crippen LogP contribution in [0.15, 0.2) is 30.3 Å². The van der Waals surface area contributed by atoms with E-state index < -0.39 is 0 Å². The van der Waals surface area contributed by atoms with Crippen molar-refractivity contribution in [2.24, 2.45) is 0 Å². The number of epoxide rings is 1. The van der Waals surface area contributed by atoms with Crippen molar-refractivity contribution in [1.82, 2.24) is 0 Å². The van der Waals surface area contributed by atoms with E-state index in [9.17, 15) is 4.79 Å². The first-order valence-corrected chi connectivity index (χ1v) is 4.72. The summed E-state index contributed by atoms with van der Waals surface area (Å²) in [5.41, 5.74) is 0.940. The van der Waals surface area contributed by atoms with Gasteiger partial charge < -0.3 is 9.64 Å². The molecular weight excluding hydrogens is 178 g/mol. The van der Waals surface area contributed by atoms with E-state index in [1.54, 1.807) is 11.8 Å². The van der Waals surface area contributed by atoms with Crippen molar-refractivity contribution < 1.29 is 9.53 Å². The molecular formula is C11H13NO2. The first kappa shape index (κ1) is 9.21. The minimum Gasteiger partial charge on any atom is -0.371 e. The number of nitrogens with zero attached hydrogens (tertiary/aromatic N) is 1. The Balaban J connectivity index is 2.13. The van der Waals surface area contributed by atoms with Crippen LogP contribution >= 0.6 is 0 Å². The predicted octanol–water partition coefficient (Wildman–Crippen LogP) is 1.44. The molecule has 1 saturated heterocycles. The summed E-state index contributed by atoms with van der Waals surface area (Å²) < 4.78 is 5.12. The average Bonchev–Trinajstić information content (AvgIpc) is 2.99. The van der Waals surface area contributed by atoms with Crippen LogP contribution in [0.5, 0.6) is 0 Å². The van der Waals surface area contributed by atoms with E-state index in [1.165, 1.54) is 0 Å². The number of hydrogen-bond acceptors (Lipinski definition) is 2. The van der Waals surface area contributed by atoms with Gasteiger partial charge in [0, 0.05) is 12.6 Å². The molecule has 0 N–H and O–H groups in total. The Morgan fingerprint density at radius 2 is 2.14 bits per heavy atom. The smallest absolute Gasteiger partial charge is 0.223 e. The van der Waals surface area contributed by atoms with Crippen LogP contribution in [0.1, 0.15) is 6.92 Å². The van der Waals surface area contributed by atoms with Gasteiger partial charge in [0.25, 0.3) is 0 Å². The summed E-state index contributed by atoms with van der Waals surface area (Å²) >= 11 is 0. The standard InChI is InChI=1S/C11H13NO2/c1-9(13)12(7-11-8-14-11)10-5-3-2-4-6-10/h2-6,11H,7-8H2,1H3. The number of benzene rings is 1. The van der Waals surface area contributed by atoms with Gasteiger partial charge in [0.1, 0.15) is 0 Å². The second-order valence-electron chi connectivity index (χ2n) is 3.42. The Kier molecular flexibility index (Phi) is 2.50. The Morgan fingerprint density at radius 1 is 1.50 bits per heavy atom. The van der Waals surface area contributed by atoms with Crippen LogP contribution in [-0.4, -0.2) is 25.2 Å². The second kappa shape index (κ2) is 3.80. The van der Waals surface area contributed by atoms with Crippen LogP contribution in [0.3, 0.4) is 0 Å². The maximum atomic E-state index is 11.4. The quantitative estimate of drug-likeness (QED) is 0.677. The van der Waals surface area contributed by atoms with Crippen LogP contribution in [0.4, 0.5) is 5.69 Å². The van der Waals surface area contributed by atoms with Crippen molar-refractivity contribution >= 4 is 11.6 Å². The molecule has 14 heavy (non-hydrogen) atoms. The van der Waals surface area contributed by atoms with Gasteiger partial charge in [0.05, 0.1) is 19.3 Å². The van der Waals surface area contributed by atoms with E-state index in [4.69, 9.17) is 4.74 Å². The van der Waals surface area contributed by atoms with E-state index in [-0.39, 0.29) is 12.0 Å². The topological polar surface area (TPSA) is 32.8 Å². The van der Waals surface area contributed by atoms with Gasteiger partial charge in [-0.3, -0.25) is 4.79 Å². The molecule has 1 amide bonds. The minimum atomic E-state index is 0.0618. The monoisotopic (exact) mass is 191 g/mol. The van der Waals surface area contributed by atoms with Crippen molar-refractivity contribution in [3.05, 3.63) is 30.3 Å². The molecule has 1 unspecified atom stereocenters. The van der Waals surface area contributed by atoms with Crippen molar-refractivity contribution in [1.29, 1.82) is 0 Å². The molecule has 2 rings (SSSR count). The van der Waals surface area contributed by atoms with E-state index >= 15 is 0 Å². The maximum Gasteiger partial charge on any atom is 0.223 e. The van der Waals surface area contributed by atoms with Crippen molar-refractivity contribution in [3.8, 4) is 0 Å². The molecule has 1 aliphatic heterocycles. The molecule has 74 valence electrons. The molecule has 1 fully saturated rings. The molecule has 1 aromatic carbocycles. The zero-order valence-corrected chi connectivity index (χ0v) is 8.14. The molecule has 1 aromatic rings. The van der Waals surface area contributed by atoms with Crippen molar-refractivity contribution in [2.45, 2.75) is 13.0 Å². The highest BCUT2D eigenvalue weighted by molar-refractivity contribution is 5.91. The van der Waals surface area contributed by atoms with E-state index in [0.717, 1.165) is 12.3 Å². The number of anilines is 1. The molecule has 0 spiro atoms. The molecule has 3 nitrogen and oxygen atoms in total. The van der Waals surface area contributed by atoms with E-state index in [1.807, 2.05) is 30.3 Å². The number of carbonyl (C=O) groups excluding carboxylic acids is 1. The number of para-hydroxylation sites is 1. The van der Waals surface area contributed by atoms with Crippen LogP contribution in [0.2, 0.25) is 0 Å². The van der Waals surface area contributed by atoms with Crippen molar-refractivity contribution in [2.75, 3.05) is 18.1 Å². The summed E-state index contributed by atoms with van der Waals surface area (Å²) in [6, 6.07) is 9.67. The molecule has 3 heteroatoms. The molecule has 0 saturated carbocycles. The lowest BCUT2D eigenvalue weighted by atomic mass is 10.2. The summed E-state index contributed by atoms with van der Waals surface area (Å²) in [4.78, 5) is 13.1. The molecule has 1 atom stereocenters. The van der Waals surface area contributed by atoms with Gasteiger partial charge in [0.2, 0.25) is 5.91 Å². The van der Waals surface area contributed by atoms with E-state index in [0.29, 0.717) is 6.54 Å². The lowest BCUT2D eigenvalue weighted by Crippen LogP contribution is -2.32. The SMILES string of the molecule is CC(=O)N(CC1CO1)c1ccccc1. The molecule has 1 aliphatic rings. The largest absolute Gasteiger partial charge is 0.371 e. The molecule has 0 bridgehead atoms. The Labute approximate surface area is 83.3 Å². The number of carbonyl (C=O) groups is 1. The predicted molar refractivity (Wildman–Crippen MR) is 54.2 cm³/mol. The fourth-order valence-electron chi connectivity index (χ4n) is 1.40. The van der Waals surface area contributed by atoms with Gasteiger partial charge in [-0.15, -0.1) is 0 Å². The van der Waals surface area contributed by atoms with Crippen molar-refractivity contribution in [3.63, 3.8) is 0 Å². The van der Waals surface area contributed by atoms with Gasteiger partial charge in [-0.1, -0.05) is 18.2 Å². The zero-order valence-electron chi connectivity index (χ0n) is 8.14. The molecule has 0 aliphatic carbocycles. The van der Waals surface area contributed by atoms with Crippen LogP contribution in [-0.2, 0) is 9.53 Å². The Morgan fingerprint density at radius 3 is 2.64 bits per heavy atom. The highest BCUT2D eigenvalue weighted by Gasteiger charge is 2.27. The van der Waals surface area contributed by atoms with Crippen LogP contribution in [0, 0.1) is 0 Å². The first-order chi connectivity index (χ1) is 6.77. The maximum absolute atomic E-state index is 11.4. The summed E-state index contributed by atoms with van der Waals surface area (Å²) in [6.45, 7) is 3.02. The van der Waals surface area contributed by atoms with Gasteiger partial charge in [-0.2, -0.15) is 0 Å². The zero-order chi connectivity index (χ0) is 9.97. The average molecular weight is 191 g/mol. The summed E-state index contributed by atoms with van der Waals surface area (Å²) in [7, 11) is 0. The van der Waals surface area contributed by atoms with Crippen LogP contribution < -0.4 is 4.90 Å². The van der Waals surface area contributed by atoms with Gasteiger partial charge in [0.15, 0.2) is 0 Å². The normalized spacial score (nSPS) is 19.1. The fraction of sp³-hybridized carbons (Fsp3) is 0.364. The minimum absolute atomic E-state index is 0.0618. The fourth-order valence-corrected chi connectivity index (χ4v) is 1.40. The Hall–Kier alpha value is -1.35. The lowest BCUT2D eigenvalue weighted by molar-refractivity contribution is -0.116. The molecule has 0 aromatic heterocycles. The van der Waals surface area contributed by atoms with Gasteiger partial charge in [-0.25, -0.2) is 0 Å². The highest BCUT2D eigenvalue weighted by Crippen LogP contribution is 2.18. The van der Waals surface area contributed by atoms with Crippen LogP contribution in [0.25, 0.3) is 0 Å². The molecule has 0 radical (unpaired) electrons. The second-order valence-corrected chi connectivity index (χ2v) is 3.42. The first-order valence-electron chi connectivity index (χ1n) is 4.72. The number of hydrogen-bond donors (Lipinski definition) is 0. The third-order valence-corrected chi connectivity index (χ3v) is 2.24. The number of rotatable bonds is 3. The third-order valence-electron chi connectivity index (χ3n) is 2.24. The summed E-state index contributed by atoms with van der Waals surface area (Å²) in [6.07, 6.45) is 0.235. The summed E-state index contributed by atoms with van der Waals surface area (Å²) in [5.74, 6) is 0.0618.